The summed E-state index contributed by atoms with van der Waals surface area (Å²) in [5, 5.41) is 40.4. The summed E-state index contributed by atoms with van der Waals surface area (Å²) in [6.45, 7) is 14.5. The quantitative estimate of drug-likeness (QED) is 0.257. The van der Waals surface area contributed by atoms with E-state index >= 15 is 0 Å². The van der Waals surface area contributed by atoms with Crippen LogP contribution in [-0.2, 0) is 9.47 Å². The number of allylic oxidation sites excluding steroid dienone is 1. The molecule has 14 atom stereocenters. The minimum atomic E-state index is -1.40. The molecule has 5 aliphatic rings. The fraction of sp³-hybridized carbons (Fsp3) is 0.943. The Labute approximate surface area is 249 Å². The van der Waals surface area contributed by atoms with E-state index in [4.69, 9.17) is 9.47 Å². The molecule has 1 saturated heterocycles. The SMILES string of the molecule is CC[C@@H](CC[C@H](C)[C@H]1CC[C@@H]2[C@@H]3CC=C4C[C@H](O[C@@H]5O[C@H](CO)[C@@H](O)[C@H](O)[C@H]5O)CC[C@@]4(C)[C@H]3CC[C@@]21C)C(C)C. The molecule has 0 radical (unpaired) electrons. The lowest BCUT2D eigenvalue weighted by atomic mass is 9.47. The third kappa shape index (κ3) is 5.73. The lowest BCUT2D eigenvalue weighted by Crippen LogP contribution is -2.60. The van der Waals surface area contributed by atoms with Crippen molar-refractivity contribution in [1.29, 1.82) is 0 Å². The topological polar surface area (TPSA) is 99.4 Å². The van der Waals surface area contributed by atoms with E-state index in [9.17, 15) is 20.4 Å². The van der Waals surface area contributed by atoms with Gasteiger partial charge in [-0.15, -0.1) is 0 Å². The number of ether oxygens (including phenoxy) is 2. The van der Waals surface area contributed by atoms with Gasteiger partial charge in [-0.05, 0) is 110 Å². The van der Waals surface area contributed by atoms with Crippen molar-refractivity contribution in [3.05, 3.63) is 11.6 Å². The van der Waals surface area contributed by atoms with Crippen molar-refractivity contribution in [3.63, 3.8) is 0 Å². The highest BCUT2D eigenvalue weighted by Crippen LogP contribution is 2.67. The Balaban J connectivity index is 1.24. The van der Waals surface area contributed by atoms with Crippen molar-refractivity contribution in [2.75, 3.05) is 6.61 Å². The Hall–Kier alpha value is -0.500. The van der Waals surface area contributed by atoms with Crippen LogP contribution in [0.15, 0.2) is 11.6 Å². The summed E-state index contributed by atoms with van der Waals surface area (Å²) < 4.78 is 11.9. The molecule has 0 aromatic carbocycles. The normalized spacial score (nSPS) is 47.7. The molecule has 41 heavy (non-hydrogen) atoms. The van der Waals surface area contributed by atoms with Gasteiger partial charge < -0.3 is 29.9 Å². The molecule has 0 bridgehead atoms. The van der Waals surface area contributed by atoms with Crippen molar-refractivity contribution in [2.24, 2.45) is 52.3 Å². The summed E-state index contributed by atoms with van der Waals surface area (Å²) >= 11 is 0. The predicted molar refractivity (Wildman–Crippen MR) is 161 cm³/mol. The van der Waals surface area contributed by atoms with Gasteiger partial charge in [0, 0.05) is 0 Å². The molecule has 6 nitrogen and oxygen atoms in total. The molecule has 0 aromatic rings. The van der Waals surface area contributed by atoms with Crippen LogP contribution in [0.25, 0.3) is 0 Å². The summed E-state index contributed by atoms with van der Waals surface area (Å²) in [6, 6.07) is 0. The van der Waals surface area contributed by atoms with Gasteiger partial charge in [0.15, 0.2) is 6.29 Å². The summed E-state index contributed by atoms with van der Waals surface area (Å²) in [5.41, 5.74) is 2.19. The second kappa shape index (κ2) is 12.5. The highest BCUT2D eigenvalue weighted by molar-refractivity contribution is 5.25. The summed E-state index contributed by atoms with van der Waals surface area (Å²) in [5.74, 6) is 5.66. The molecule has 0 spiro atoms. The lowest BCUT2D eigenvalue weighted by Gasteiger charge is -2.58. The number of hydrogen-bond acceptors (Lipinski definition) is 6. The molecular weight excluding hydrogens is 516 g/mol. The average Bonchev–Trinajstić information content (AvgIpc) is 3.30. The zero-order valence-electron chi connectivity index (χ0n) is 26.7. The number of hydrogen-bond donors (Lipinski definition) is 4. The molecular formula is C35H60O6. The van der Waals surface area contributed by atoms with Crippen molar-refractivity contribution < 1.29 is 29.9 Å². The van der Waals surface area contributed by atoms with Crippen LogP contribution < -0.4 is 0 Å². The first-order chi connectivity index (χ1) is 19.4. The average molecular weight is 577 g/mol. The smallest absolute Gasteiger partial charge is 0.186 e. The lowest BCUT2D eigenvalue weighted by molar-refractivity contribution is -0.313. The van der Waals surface area contributed by atoms with Crippen LogP contribution >= 0.6 is 0 Å². The Morgan fingerprint density at radius 3 is 2.39 bits per heavy atom. The minimum Gasteiger partial charge on any atom is -0.394 e. The second-order valence-corrected chi connectivity index (χ2v) is 15.7. The minimum absolute atomic E-state index is 0.101. The van der Waals surface area contributed by atoms with Crippen LogP contribution in [0.2, 0.25) is 0 Å². The summed E-state index contributed by atoms with van der Waals surface area (Å²) in [7, 11) is 0. The van der Waals surface area contributed by atoms with Crippen molar-refractivity contribution in [3.8, 4) is 0 Å². The van der Waals surface area contributed by atoms with E-state index < -0.39 is 37.3 Å². The largest absolute Gasteiger partial charge is 0.394 e. The third-order valence-electron chi connectivity index (χ3n) is 13.5. The highest BCUT2D eigenvalue weighted by atomic mass is 16.7. The molecule has 0 amide bonds. The Morgan fingerprint density at radius 2 is 1.71 bits per heavy atom. The second-order valence-electron chi connectivity index (χ2n) is 15.7. The van der Waals surface area contributed by atoms with Gasteiger partial charge in [-0.1, -0.05) is 66.0 Å². The van der Waals surface area contributed by atoms with Crippen LogP contribution in [0, 0.1) is 52.3 Å². The predicted octanol–water partition coefficient (Wildman–Crippen LogP) is 5.85. The van der Waals surface area contributed by atoms with Gasteiger partial charge in [0.25, 0.3) is 0 Å². The van der Waals surface area contributed by atoms with E-state index in [0.717, 1.165) is 60.7 Å². The Bertz CT molecular complexity index is 918. The van der Waals surface area contributed by atoms with Gasteiger partial charge in [-0.2, -0.15) is 0 Å². The van der Waals surface area contributed by atoms with E-state index in [-0.39, 0.29) is 11.5 Å². The molecule has 0 unspecified atom stereocenters. The molecule has 3 saturated carbocycles. The molecule has 236 valence electrons. The number of fused-ring (bicyclic) bond motifs is 5. The van der Waals surface area contributed by atoms with E-state index in [0.29, 0.717) is 5.41 Å². The zero-order chi connectivity index (χ0) is 29.7. The molecule has 6 heteroatoms. The van der Waals surface area contributed by atoms with E-state index in [2.05, 4.69) is 47.6 Å². The van der Waals surface area contributed by atoms with Gasteiger partial charge in [-0.3, -0.25) is 0 Å². The fourth-order valence-electron chi connectivity index (χ4n) is 10.8. The molecule has 0 aromatic heterocycles. The van der Waals surface area contributed by atoms with Crippen molar-refractivity contribution in [1.82, 2.24) is 0 Å². The first-order valence-electron chi connectivity index (χ1n) is 17.1. The van der Waals surface area contributed by atoms with Crippen LogP contribution in [0.5, 0.6) is 0 Å². The third-order valence-corrected chi connectivity index (χ3v) is 13.5. The molecule has 1 aliphatic heterocycles. The summed E-state index contributed by atoms with van der Waals surface area (Å²) in [6.07, 6.45) is 9.92. The Morgan fingerprint density at radius 1 is 0.951 bits per heavy atom. The van der Waals surface area contributed by atoms with E-state index in [1.165, 1.54) is 56.9 Å². The van der Waals surface area contributed by atoms with Gasteiger partial charge in [-0.25, -0.2) is 0 Å². The number of rotatable bonds is 9. The maximum atomic E-state index is 10.5. The molecule has 4 aliphatic carbocycles. The van der Waals surface area contributed by atoms with Crippen LogP contribution in [0.1, 0.15) is 112 Å². The monoisotopic (exact) mass is 576 g/mol. The zero-order valence-corrected chi connectivity index (χ0v) is 26.7. The molecule has 5 rings (SSSR count). The van der Waals surface area contributed by atoms with Crippen LogP contribution in [0.3, 0.4) is 0 Å². The number of aliphatic hydroxyl groups is 4. The van der Waals surface area contributed by atoms with Gasteiger partial charge in [0.2, 0.25) is 0 Å². The number of aliphatic hydroxyl groups excluding tert-OH is 4. The molecule has 4 fully saturated rings. The highest BCUT2D eigenvalue weighted by Gasteiger charge is 2.59. The summed E-state index contributed by atoms with van der Waals surface area (Å²) in [4.78, 5) is 0. The fourth-order valence-corrected chi connectivity index (χ4v) is 10.8. The van der Waals surface area contributed by atoms with Gasteiger partial charge >= 0.3 is 0 Å². The van der Waals surface area contributed by atoms with E-state index in [1.807, 2.05) is 0 Å². The maximum Gasteiger partial charge on any atom is 0.186 e. The Kier molecular flexibility index (Phi) is 9.71. The first-order valence-corrected chi connectivity index (χ1v) is 17.1. The maximum absolute atomic E-state index is 10.5. The van der Waals surface area contributed by atoms with Gasteiger partial charge in [0.05, 0.1) is 12.7 Å². The molecule has 4 N–H and O–H groups in total. The molecule has 1 heterocycles. The first kappa shape index (κ1) is 31.9. The van der Waals surface area contributed by atoms with Crippen LogP contribution in [0.4, 0.5) is 0 Å². The van der Waals surface area contributed by atoms with Crippen molar-refractivity contribution in [2.45, 2.75) is 149 Å². The van der Waals surface area contributed by atoms with Crippen molar-refractivity contribution >= 4 is 0 Å². The van der Waals surface area contributed by atoms with Crippen LogP contribution in [-0.4, -0.2) is 63.8 Å². The van der Waals surface area contributed by atoms with E-state index in [1.54, 1.807) is 0 Å². The van der Waals surface area contributed by atoms with Gasteiger partial charge in [0.1, 0.15) is 24.4 Å². The standard InChI is InChI=1S/C35H60O6/c1-7-22(20(2)3)9-8-21(4)26-12-13-27-25-11-10-23-18-24(14-16-34(23,5)28(25)15-17-35(26,27)6)40-33-32(39)31(38)30(37)29(19-36)41-33/h10,20-22,24-33,36-39H,7-9,11-19H2,1-6H3/t21-,22-,24+,25-,26+,27+,28-,29+,30+,31-,32+,33+,34+,35+/m0/s1.